The van der Waals surface area contributed by atoms with Crippen LogP contribution in [0, 0.1) is 6.92 Å². The van der Waals surface area contributed by atoms with E-state index in [1.54, 1.807) is 24.3 Å². The SMILES string of the molecule is Cc1cccc(C(C)C)c1NC(=O)CCc1ccc(S(=O)(=O)N2CCOCC2)cc1. The molecule has 3 rings (SSSR count). The zero-order chi connectivity index (χ0) is 21.7. The number of nitrogens with one attached hydrogen (secondary N) is 1. The lowest BCUT2D eigenvalue weighted by Crippen LogP contribution is -2.40. The van der Waals surface area contributed by atoms with E-state index in [0.29, 0.717) is 45.1 Å². The largest absolute Gasteiger partial charge is 0.379 e. The van der Waals surface area contributed by atoms with Gasteiger partial charge in [-0.15, -0.1) is 0 Å². The summed E-state index contributed by atoms with van der Waals surface area (Å²) in [4.78, 5) is 12.8. The van der Waals surface area contributed by atoms with Crippen LogP contribution in [-0.2, 0) is 26.0 Å². The number of rotatable bonds is 7. The molecular formula is C23H30N2O4S. The van der Waals surface area contributed by atoms with E-state index in [0.717, 1.165) is 22.4 Å². The lowest BCUT2D eigenvalue weighted by molar-refractivity contribution is -0.116. The molecule has 1 aliphatic rings. The van der Waals surface area contributed by atoms with Crippen molar-refractivity contribution >= 4 is 21.6 Å². The summed E-state index contributed by atoms with van der Waals surface area (Å²) in [5.41, 5.74) is 4.00. The maximum atomic E-state index is 12.7. The van der Waals surface area contributed by atoms with Crippen LogP contribution in [0.15, 0.2) is 47.4 Å². The van der Waals surface area contributed by atoms with Gasteiger partial charge in [-0.1, -0.05) is 44.2 Å². The molecule has 0 saturated carbocycles. The fraction of sp³-hybridized carbons (Fsp3) is 0.435. The van der Waals surface area contributed by atoms with Crippen molar-refractivity contribution in [2.75, 3.05) is 31.6 Å². The van der Waals surface area contributed by atoms with Crippen molar-refractivity contribution in [2.45, 2.75) is 44.4 Å². The van der Waals surface area contributed by atoms with Gasteiger partial charge in [0.05, 0.1) is 18.1 Å². The molecule has 162 valence electrons. The Kier molecular flexibility index (Phi) is 7.28. The first kappa shape index (κ1) is 22.5. The highest BCUT2D eigenvalue weighted by atomic mass is 32.2. The second-order valence-corrected chi connectivity index (χ2v) is 9.84. The summed E-state index contributed by atoms with van der Waals surface area (Å²) in [7, 11) is -3.49. The van der Waals surface area contributed by atoms with Crippen LogP contribution in [0.3, 0.4) is 0 Å². The first-order valence-electron chi connectivity index (χ1n) is 10.3. The molecule has 0 aromatic heterocycles. The minimum absolute atomic E-state index is 0.0452. The lowest BCUT2D eigenvalue weighted by Gasteiger charge is -2.26. The predicted molar refractivity (Wildman–Crippen MR) is 118 cm³/mol. The monoisotopic (exact) mass is 430 g/mol. The maximum Gasteiger partial charge on any atom is 0.243 e. The number of carbonyl (C=O) groups is 1. The van der Waals surface area contributed by atoms with Gasteiger partial charge in [-0.2, -0.15) is 4.31 Å². The van der Waals surface area contributed by atoms with E-state index >= 15 is 0 Å². The third kappa shape index (κ3) is 5.28. The lowest BCUT2D eigenvalue weighted by atomic mass is 9.98. The third-order valence-corrected chi connectivity index (χ3v) is 7.28. The van der Waals surface area contributed by atoms with Gasteiger partial charge in [-0.05, 0) is 48.1 Å². The van der Waals surface area contributed by atoms with Crippen LogP contribution in [0.4, 0.5) is 5.69 Å². The molecule has 0 radical (unpaired) electrons. The highest BCUT2D eigenvalue weighted by molar-refractivity contribution is 7.89. The second kappa shape index (κ2) is 9.73. The zero-order valence-corrected chi connectivity index (χ0v) is 18.7. The van der Waals surface area contributed by atoms with Gasteiger partial charge in [0.2, 0.25) is 15.9 Å². The molecule has 1 saturated heterocycles. The highest BCUT2D eigenvalue weighted by Gasteiger charge is 2.26. The van der Waals surface area contributed by atoms with Crippen LogP contribution < -0.4 is 5.32 Å². The molecule has 2 aromatic rings. The van der Waals surface area contributed by atoms with Crippen molar-refractivity contribution in [3.8, 4) is 0 Å². The van der Waals surface area contributed by atoms with Gasteiger partial charge < -0.3 is 10.1 Å². The van der Waals surface area contributed by atoms with Gasteiger partial charge in [0.25, 0.3) is 0 Å². The number of sulfonamides is 1. The number of amides is 1. The summed E-state index contributed by atoms with van der Waals surface area (Å²) in [5.74, 6) is 0.275. The Morgan fingerprint density at radius 2 is 1.77 bits per heavy atom. The Morgan fingerprint density at radius 1 is 1.10 bits per heavy atom. The number of morpholine rings is 1. The molecule has 0 spiro atoms. The summed E-state index contributed by atoms with van der Waals surface area (Å²) in [6.45, 7) is 7.81. The van der Waals surface area contributed by atoms with Gasteiger partial charge in [0.1, 0.15) is 0 Å². The molecule has 6 nitrogen and oxygen atoms in total. The average Bonchev–Trinajstić information content (AvgIpc) is 2.74. The van der Waals surface area contributed by atoms with E-state index in [1.807, 2.05) is 25.1 Å². The van der Waals surface area contributed by atoms with E-state index in [4.69, 9.17) is 4.74 Å². The number of nitrogens with zero attached hydrogens (tertiary/aromatic N) is 1. The summed E-state index contributed by atoms with van der Waals surface area (Å²) < 4.78 is 32.1. The maximum absolute atomic E-state index is 12.7. The van der Waals surface area contributed by atoms with Crippen molar-refractivity contribution < 1.29 is 17.9 Å². The van der Waals surface area contributed by atoms with Crippen molar-refractivity contribution in [2.24, 2.45) is 0 Å². The van der Waals surface area contributed by atoms with E-state index in [2.05, 4.69) is 19.2 Å². The van der Waals surface area contributed by atoms with Gasteiger partial charge >= 0.3 is 0 Å². The number of hydrogen-bond donors (Lipinski definition) is 1. The van der Waals surface area contributed by atoms with Crippen molar-refractivity contribution in [1.29, 1.82) is 0 Å². The first-order chi connectivity index (χ1) is 14.3. The molecule has 30 heavy (non-hydrogen) atoms. The zero-order valence-electron chi connectivity index (χ0n) is 17.8. The Balaban J connectivity index is 1.61. The highest BCUT2D eigenvalue weighted by Crippen LogP contribution is 2.27. The Labute approximate surface area is 179 Å². The average molecular weight is 431 g/mol. The molecule has 1 N–H and O–H groups in total. The molecule has 0 bridgehead atoms. The number of anilines is 1. The molecular weight excluding hydrogens is 400 g/mol. The standard InChI is InChI=1S/C23H30N2O4S/c1-17(2)21-6-4-5-18(3)23(21)24-22(26)12-9-19-7-10-20(11-8-19)30(27,28)25-13-15-29-16-14-25/h4-8,10-11,17H,9,12-16H2,1-3H3,(H,24,26). The van der Waals surface area contributed by atoms with E-state index in [-0.39, 0.29) is 10.8 Å². The normalized spacial score (nSPS) is 15.3. The number of benzene rings is 2. The second-order valence-electron chi connectivity index (χ2n) is 7.90. The summed E-state index contributed by atoms with van der Waals surface area (Å²) >= 11 is 0. The Bertz CT molecular complexity index is 979. The van der Waals surface area contributed by atoms with Crippen LogP contribution in [0.25, 0.3) is 0 Å². The molecule has 7 heteroatoms. The van der Waals surface area contributed by atoms with Crippen molar-refractivity contribution in [3.63, 3.8) is 0 Å². The number of para-hydroxylation sites is 1. The number of carbonyl (C=O) groups excluding carboxylic acids is 1. The number of hydrogen-bond acceptors (Lipinski definition) is 4. The fourth-order valence-electron chi connectivity index (χ4n) is 3.57. The minimum atomic E-state index is -3.49. The predicted octanol–water partition coefficient (Wildman–Crippen LogP) is 3.71. The van der Waals surface area contributed by atoms with Gasteiger partial charge in [-0.25, -0.2) is 8.42 Å². The smallest absolute Gasteiger partial charge is 0.243 e. The van der Waals surface area contributed by atoms with Crippen molar-refractivity contribution in [3.05, 3.63) is 59.2 Å². The van der Waals surface area contributed by atoms with Crippen molar-refractivity contribution in [1.82, 2.24) is 4.31 Å². The Hall–Kier alpha value is -2.22. The van der Waals surface area contributed by atoms with Crippen LogP contribution in [-0.4, -0.2) is 44.9 Å². The van der Waals surface area contributed by atoms with Crippen LogP contribution in [0.2, 0.25) is 0 Å². The fourth-order valence-corrected chi connectivity index (χ4v) is 4.97. The van der Waals surface area contributed by atoms with Crippen LogP contribution in [0.1, 0.15) is 42.9 Å². The molecule has 2 aromatic carbocycles. The summed E-state index contributed by atoms with van der Waals surface area (Å²) in [5, 5.41) is 3.06. The molecule has 0 atom stereocenters. The molecule has 1 aliphatic heterocycles. The number of aryl methyl sites for hydroxylation is 2. The van der Waals surface area contributed by atoms with Gasteiger partial charge in [0.15, 0.2) is 0 Å². The Morgan fingerprint density at radius 3 is 2.40 bits per heavy atom. The summed E-state index contributed by atoms with van der Waals surface area (Å²) in [6, 6.07) is 12.9. The van der Waals surface area contributed by atoms with E-state index in [9.17, 15) is 13.2 Å². The first-order valence-corrected chi connectivity index (χ1v) is 11.8. The quantitative estimate of drug-likeness (QED) is 0.727. The van der Waals surface area contributed by atoms with Gasteiger partial charge in [0, 0.05) is 25.2 Å². The van der Waals surface area contributed by atoms with E-state index < -0.39 is 10.0 Å². The third-order valence-electron chi connectivity index (χ3n) is 5.36. The van der Waals surface area contributed by atoms with Crippen LogP contribution >= 0.6 is 0 Å². The summed E-state index contributed by atoms with van der Waals surface area (Å²) in [6.07, 6.45) is 0.883. The molecule has 0 aliphatic carbocycles. The van der Waals surface area contributed by atoms with Crippen LogP contribution in [0.5, 0.6) is 0 Å². The molecule has 1 amide bonds. The number of ether oxygens (including phenoxy) is 1. The molecule has 1 fully saturated rings. The topological polar surface area (TPSA) is 75.7 Å². The minimum Gasteiger partial charge on any atom is -0.379 e. The van der Waals surface area contributed by atoms with E-state index in [1.165, 1.54) is 4.31 Å². The molecule has 0 unspecified atom stereocenters. The molecule has 1 heterocycles. The van der Waals surface area contributed by atoms with Gasteiger partial charge in [-0.3, -0.25) is 4.79 Å².